The van der Waals surface area contributed by atoms with Crippen molar-refractivity contribution in [2.45, 2.75) is 13.3 Å². The molecule has 0 aromatic rings. The van der Waals surface area contributed by atoms with E-state index < -0.39 is 5.91 Å². The number of nitrogens with zero attached hydrogens (tertiary/aromatic N) is 1. The molecule has 0 bridgehead atoms. The Hall–Kier alpha value is -1.51. The molecule has 0 saturated carbocycles. The Labute approximate surface area is 71.4 Å². The van der Waals surface area contributed by atoms with Gasteiger partial charge in [-0.1, -0.05) is 30.9 Å². The van der Waals surface area contributed by atoms with Gasteiger partial charge in [0.2, 0.25) is 0 Å². The Balaban J connectivity index is 4.26. The van der Waals surface area contributed by atoms with Gasteiger partial charge in [0.1, 0.15) is 0 Å². The van der Waals surface area contributed by atoms with Gasteiger partial charge in [0.15, 0.2) is 0 Å². The van der Waals surface area contributed by atoms with Gasteiger partial charge >= 0.3 is 0 Å². The van der Waals surface area contributed by atoms with Crippen molar-refractivity contribution in [3.63, 3.8) is 0 Å². The minimum atomic E-state index is -0.675. The maximum Gasteiger partial charge on any atom is 0.290 e. The van der Waals surface area contributed by atoms with Gasteiger partial charge in [-0.05, 0) is 12.5 Å². The molecule has 0 aliphatic carbocycles. The topological polar surface area (TPSA) is 46.5 Å². The minimum absolute atomic E-state index is 0.0251. The van der Waals surface area contributed by atoms with E-state index in [4.69, 9.17) is 0 Å². The molecule has 0 aliphatic rings. The molecule has 0 aromatic heterocycles. The van der Waals surface area contributed by atoms with Crippen molar-refractivity contribution < 1.29 is 4.79 Å². The lowest BCUT2D eigenvalue weighted by Gasteiger charge is -1.92. The summed E-state index contributed by atoms with van der Waals surface area (Å²) < 4.78 is 0. The summed E-state index contributed by atoms with van der Waals surface area (Å²) in [5.41, 5.74) is 0.692. The van der Waals surface area contributed by atoms with Gasteiger partial charge in [-0.25, -0.2) is 0 Å². The van der Waals surface area contributed by atoms with E-state index in [-0.39, 0.29) is 6.42 Å². The number of carbonyl (C=O) groups is 1. The highest BCUT2D eigenvalue weighted by Gasteiger charge is 2.01. The molecule has 0 unspecified atom stereocenters. The van der Waals surface area contributed by atoms with Crippen LogP contribution in [-0.4, -0.2) is 5.91 Å². The normalized spacial score (nSPS) is 11.6. The lowest BCUT2D eigenvalue weighted by molar-refractivity contribution is -0.117. The van der Waals surface area contributed by atoms with E-state index in [9.17, 15) is 9.70 Å². The van der Waals surface area contributed by atoms with Gasteiger partial charge in [-0.15, -0.1) is 4.91 Å². The van der Waals surface area contributed by atoms with E-state index in [1.807, 2.05) is 13.0 Å². The van der Waals surface area contributed by atoms with Crippen molar-refractivity contribution in [1.29, 1.82) is 0 Å². The summed E-state index contributed by atoms with van der Waals surface area (Å²) in [6, 6.07) is 0. The summed E-state index contributed by atoms with van der Waals surface area (Å²) in [6.45, 7) is 5.36. The maximum atomic E-state index is 10.6. The van der Waals surface area contributed by atoms with Gasteiger partial charge < -0.3 is 0 Å². The largest absolute Gasteiger partial charge is 0.290 e. The van der Waals surface area contributed by atoms with Crippen molar-refractivity contribution in [1.82, 2.24) is 0 Å². The van der Waals surface area contributed by atoms with Crippen LogP contribution in [0, 0.1) is 4.91 Å². The Kier molecular flexibility index (Phi) is 5.43. The van der Waals surface area contributed by atoms with Crippen LogP contribution in [0.4, 0.5) is 0 Å². The van der Waals surface area contributed by atoms with E-state index in [2.05, 4.69) is 11.8 Å². The zero-order valence-electron chi connectivity index (χ0n) is 6.99. The molecule has 0 N–H and O–H groups in total. The van der Waals surface area contributed by atoms with E-state index in [1.54, 1.807) is 12.2 Å². The van der Waals surface area contributed by atoms with Crippen LogP contribution >= 0.6 is 0 Å². The number of hydrogen-bond donors (Lipinski definition) is 0. The molecule has 0 fully saturated rings. The third kappa shape index (κ3) is 4.33. The first-order chi connectivity index (χ1) is 5.74. The highest BCUT2D eigenvalue weighted by atomic mass is 16.3. The monoisotopic (exact) mass is 165 g/mol. The standard InChI is InChI=1S/C9H11NO2/c1-3-5-6-8(4-2)7-9(11)10-12/h3-6H,2,7H2,1H3/b5-3-,8-6+. The second-order valence-corrected chi connectivity index (χ2v) is 2.13. The second-order valence-electron chi connectivity index (χ2n) is 2.13. The SMILES string of the molecule is C=C/C(=C\C=C/C)CC(=O)N=O. The average Bonchev–Trinajstić information content (AvgIpc) is 2.11. The lowest BCUT2D eigenvalue weighted by atomic mass is 10.1. The van der Waals surface area contributed by atoms with Gasteiger partial charge in [-0.3, -0.25) is 4.79 Å². The van der Waals surface area contributed by atoms with Crippen LogP contribution in [0.15, 0.2) is 41.6 Å². The average molecular weight is 165 g/mol. The van der Waals surface area contributed by atoms with Crippen LogP contribution in [0.2, 0.25) is 0 Å². The summed E-state index contributed by atoms with van der Waals surface area (Å²) in [7, 11) is 0. The van der Waals surface area contributed by atoms with E-state index in [0.29, 0.717) is 5.57 Å². The van der Waals surface area contributed by atoms with Crippen LogP contribution in [0.25, 0.3) is 0 Å². The molecule has 0 atom stereocenters. The number of carbonyl (C=O) groups excluding carboxylic acids is 1. The molecular formula is C9H11NO2. The van der Waals surface area contributed by atoms with Gasteiger partial charge in [0.05, 0.1) is 6.42 Å². The first-order valence-electron chi connectivity index (χ1n) is 3.55. The van der Waals surface area contributed by atoms with Crippen molar-refractivity contribution >= 4 is 5.91 Å². The Morgan fingerprint density at radius 2 is 2.25 bits per heavy atom. The molecule has 0 saturated heterocycles. The van der Waals surface area contributed by atoms with Gasteiger partial charge in [-0.2, -0.15) is 0 Å². The number of nitroso groups, excluding NO2 is 1. The third-order valence-electron chi connectivity index (χ3n) is 1.22. The molecule has 1 amide bonds. The summed E-state index contributed by atoms with van der Waals surface area (Å²) in [4.78, 5) is 20.3. The van der Waals surface area contributed by atoms with Crippen LogP contribution in [0.3, 0.4) is 0 Å². The van der Waals surface area contributed by atoms with Gasteiger partial charge in [0, 0.05) is 5.18 Å². The predicted octanol–water partition coefficient (Wildman–Crippen LogP) is 2.36. The molecule has 0 radical (unpaired) electrons. The predicted molar refractivity (Wildman–Crippen MR) is 48.5 cm³/mol. The fourth-order valence-electron chi connectivity index (χ4n) is 0.626. The molecule has 64 valence electrons. The molecule has 0 aliphatic heterocycles. The first kappa shape index (κ1) is 10.5. The number of hydrogen-bond acceptors (Lipinski definition) is 2. The molecule has 3 nitrogen and oxygen atoms in total. The number of allylic oxidation sites excluding steroid dienone is 4. The van der Waals surface area contributed by atoms with Crippen molar-refractivity contribution in [2.75, 3.05) is 0 Å². The summed E-state index contributed by atoms with van der Waals surface area (Å²) in [5.74, 6) is -0.675. The minimum Gasteiger partial charge on any atom is -0.269 e. The van der Waals surface area contributed by atoms with Crippen LogP contribution in [0.1, 0.15) is 13.3 Å². The summed E-state index contributed by atoms with van der Waals surface area (Å²) >= 11 is 0. The van der Waals surface area contributed by atoms with Crippen molar-refractivity contribution in [3.8, 4) is 0 Å². The molecule has 0 rings (SSSR count). The van der Waals surface area contributed by atoms with Crippen LogP contribution in [-0.2, 0) is 4.79 Å². The fraction of sp³-hybridized carbons (Fsp3) is 0.222. The highest BCUT2D eigenvalue weighted by Crippen LogP contribution is 2.03. The van der Waals surface area contributed by atoms with Crippen LogP contribution < -0.4 is 0 Å². The van der Waals surface area contributed by atoms with Crippen LogP contribution in [0.5, 0.6) is 0 Å². The van der Waals surface area contributed by atoms with E-state index in [0.717, 1.165) is 0 Å². The second kappa shape index (κ2) is 6.22. The Morgan fingerprint density at radius 1 is 1.58 bits per heavy atom. The van der Waals surface area contributed by atoms with Crippen molar-refractivity contribution in [2.24, 2.45) is 5.18 Å². The lowest BCUT2D eigenvalue weighted by Crippen LogP contribution is -1.92. The zero-order chi connectivity index (χ0) is 9.40. The zero-order valence-corrected chi connectivity index (χ0v) is 6.99. The number of amides is 1. The Morgan fingerprint density at radius 3 is 2.67 bits per heavy atom. The third-order valence-corrected chi connectivity index (χ3v) is 1.22. The molecule has 0 spiro atoms. The molecule has 0 aromatic carbocycles. The Bertz CT molecular complexity index is 239. The fourth-order valence-corrected chi connectivity index (χ4v) is 0.626. The molecule has 0 heterocycles. The van der Waals surface area contributed by atoms with E-state index >= 15 is 0 Å². The number of rotatable bonds is 4. The molecular weight excluding hydrogens is 154 g/mol. The summed E-state index contributed by atoms with van der Waals surface area (Å²) in [6.07, 6.45) is 6.87. The van der Waals surface area contributed by atoms with Crippen molar-refractivity contribution in [3.05, 3.63) is 41.4 Å². The molecule has 3 heteroatoms. The maximum absolute atomic E-state index is 10.6. The smallest absolute Gasteiger partial charge is 0.269 e. The van der Waals surface area contributed by atoms with Gasteiger partial charge in [0.25, 0.3) is 5.91 Å². The highest BCUT2D eigenvalue weighted by molar-refractivity contribution is 5.79. The quantitative estimate of drug-likeness (QED) is 0.474. The molecule has 12 heavy (non-hydrogen) atoms. The summed E-state index contributed by atoms with van der Waals surface area (Å²) in [5, 5.41) is 2.28. The van der Waals surface area contributed by atoms with E-state index in [1.165, 1.54) is 6.08 Å². The first-order valence-corrected chi connectivity index (χ1v) is 3.55.